The number of carbonyl (C=O) groups is 3. The summed E-state index contributed by atoms with van der Waals surface area (Å²) in [6, 6.07) is 3.30. The van der Waals surface area contributed by atoms with Crippen molar-refractivity contribution < 1.29 is 32.3 Å². The number of fused-ring (bicyclic) bond motifs is 1. The maximum atomic E-state index is 13.4. The molecule has 1 aromatic rings. The SMILES string of the molecule is O=C[C@H]1CC[C@H](N2CC3C=C(NC(=O)c4cccc(C(F)(F)F)n4)C(N4CCOCC4)=CC3C2=O)CC1. The zero-order valence-corrected chi connectivity index (χ0v) is 20.2. The third-order valence-corrected chi connectivity index (χ3v) is 7.68. The van der Waals surface area contributed by atoms with Crippen molar-refractivity contribution in [1.82, 2.24) is 20.1 Å². The number of morpholine rings is 1. The fourth-order valence-electron chi connectivity index (χ4n) is 5.69. The Morgan fingerprint density at radius 3 is 2.51 bits per heavy atom. The Morgan fingerprint density at radius 2 is 1.84 bits per heavy atom. The second kappa shape index (κ2) is 10.3. The van der Waals surface area contributed by atoms with Crippen molar-refractivity contribution in [1.29, 1.82) is 0 Å². The van der Waals surface area contributed by atoms with Gasteiger partial charge in [-0.1, -0.05) is 12.1 Å². The van der Waals surface area contributed by atoms with E-state index in [-0.39, 0.29) is 35.4 Å². The predicted molar refractivity (Wildman–Crippen MR) is 126 cm³/mol. The van der Waals surface area contributed by atoms with Gasteiger partial charge < -0.3 is 24.6 Å². The fraction of sp³-hybridized carbons (Fsp3) is 0.538. The van der Waals surface area contributed by atoms with E-state index < -0.39 is 17.8 Å². The Bertz CT molecular complexity index is 1120. The summed E-state index contributed by atoms with van der Waals surface area (Å²) < 4.78 is 44.8. The molecule has 2 aliphatic heterocycles. The lowest BCUT2D eigenvalue weighted by atomic mass is 9.86. The highest BCUT2D eigenvalue weighted by atomic mass is 19.4. The van der Waals surface area contributed by atoms with Gasteiger partial charge in [0.05, 0.1) is 30.5 Å². The molecule has 2 atom stereocenters. The first-order valence-corrected chi connectivity index (χ1v) is 12.6. The molecule has 0 bridgehead atoms. The fourth-order valence-corrected chi connectivity index (χ4v) is 5.69. The van der Waals surface area contributed by atoms with Gasteiger partial charge in [-0.2, -0.15) is 13.2 Å². The van der Waals surface area contributed by atoms with E-state index in [0.29, 0.717) is 44.2 Å². The average molecular weight is 519 g/mol. The number of ether oxygens (including phenoxy) is 1. The van der Waals surface area contributed by atoms with E-state index in [1.54, 1.807) is 0 Å². The number of hydrogen-bond donors (Lipinski definition) is 1. The van der Waals surface area contributed by atoms with Crippen LogP contribution in [0.15, 0.2) is 41.7 Å². The van der Waals surface area contributed by atoms with Gasteiger partial charge in [0.1, 0.15) is 17.7 Å². The van der Waals surface area contributed by atoms with Crippen LogP contribution in [0.25, 0.3) is 0 Å². The quantitative estimate of drug-likeness (QED) is 0.603. The highest BCUT2D eigenvalue weighted by molar-refractivity contribution is 5.94. The summed E-state index contributed by atoms with van der Waals surface area (Å²) in [5, 5.41) is 2.77. The van der Waals surface area contributed by atoms with E-state index in [9.17, 15) is 27.6 Å². The Morgan fingerprint density at radius 1 is 1.11 bits per heavy atom. The van der Waals surface area contributed by atoms with Gasteiger partial charge in [-0.3, -0.25) is 9.59 Å². The summed E-state index contributed by atoms with van der Waals surface area (Å²) >= 11 is 0. The third-order valence-electron chi connectivity index (χ3n) is 7.68. The monoisotopic (exact) mass is 518 g/mol. The van der Waals surface area contributed by atoms with Crippen molar-refractivity contribution in [3.63, 3.8) is 0 Å². The lowest BCUT2D eigenvalue weighted by molar-refractivity contribution is -0.141. The molecule has 198 valence electrons. The first kappa shape index (κ1) is 25.4. The number of aromatic nitrogens is 1. The molecule has 3 heterocycles. The number of nitrogens with one attached hydrogen (secondary N) is 1. The topological polar surface area (TPSA) is 91.8 Å². The van der Waals surface area contributed by atoms with E-state index in [2.05, 4.69) is 10.3 Å². The van der Waals surface area contributed by atoms with Gasteiger partial charge in [-0.05, 0) is 43.9 Å². The number of aldehydes is 1. The minimum atomic E-state index is -4.66. The van der Waals surface area contributed by atoms with Gasteiger partial charge in [-0.15, -0.1) is 0 Å². The predicted octanol–water partition coefficient (Wildman–Crippen LogP) is 2.78. The van der Waals surface area contributed by atoms with Crippen molar-refractivity contribution in [3.8, 4) is 0 Å². The van der Waals surface area contributed by atoms with Gasteiger partial charge in [0.2, 0.25) is 5.91 Å². The van der Waals surface area contributed by atoms with Gasteiger partial charge in [0, 0.05) is 37.5 Å². The molecule has 1 aromatic heterocycles. The Hall–Kier alpha value is -3.21. The number of nitrogens with zero attached hydrogens (tertiary/aromatic N) is 3. The highest BCUT2D eigenvalue weighted by Gasteiger charge is 2.44. The number of alkyl halides is 3. The molecule has 5 rings (SSSR count). The molecule has 0 radical (unpaired) electrons. The summed E-state index contributed by atoms with van der Waals surface area (Å²) in [7, 11) is 0. The van der Waals surface area contributed by atoms with Crippen LogP contribution in [0, 0.1) is 17.8 Å². The first-order valence-electron chi connectivity index (χ1n) is 12.6. The summed E-state index contributed by atoms with van der Waals surface area (Å²) in [5.74, 6) is -1.22. The van der Waals surface area contributed by atoms with Crippen molar-refractivity contribution in [2.24, 2.45) is 17.8 Å². The smallest absolute Gasteiger partial charge is 0.378 e. The standard InChI is InChI=1S/C26H29F3N4O4/c27-26(28,29)23-3-1-2-20(30-23)24(35)31-21-12-17-14-33(18-6-4-16(15-34)5-7-18)25(36)19(17)13-22(21)32-8-10-37-11-9-32/h1-3,12-13,15-19H,4-11,14H2,(H,31,35)/t16-,17?,18-,19?. The van der Waals surface area contributed by atoms with Crippen molar-refractivity contribution in [3.05, 3.63) is 53.1 Å². The number of amides is 2. The number of pyridine rings is 1. The van der Waals surface area contributed by atoms with Gasteiger partial charge >= 0.3 is 6.18 Å². The van der Waals surface area contributed by atoms with E-state index >= 15 is 0 Å². The van der Waals surface area contributed by atoms with Crippen LogP contribution in [0.1, 0.15) is 41.9 Å². The molecule has 11 heteroatoms. The lowest BCUT2D eigenvalue weighted by Gasteiger charge is -2.35. The molecule has 8 nitrogen and oxygen atoms in total. The molecular formula is C26H29F3N4O4. The van der Waals surface area contributed by atoms with Crippen molar-refractivity contribution in [2.75, 3.05) is 32.8 Å². The minimum Gasteiger partial charge on any atom is -0.378 e. The molecule has 0 spiro atoms. The average Bonchev–Trinajstić information content (AvgIpc) is 3.23. The van der Waals surface area contributed by atoms with E-state index in [1.165, 1.54) is 6.07 Å². The van der Waals surface area contributed by atoms with E-state index in [4.69, 9.17) is 4.74 Å². The molecule has 0 aromatic carbocycles. The molecule has 2 aliphatic carbocycles. The van der Waals surface area contributed by atoms with Crippen LogP contribution in [0.4, 0.5) is 13.2 Å². The van der Waals surface area contributed by atoms with Gasteiger partial charge in [0.15, 0.2) is 0 Å². The van der Waals surface area contributed by atoms with Crippen molar-refractivity contribution in [2.45, 2.75) is 37.9 Å². The van der Waals surface area contributed by atoms with Crippen LogP contribution < -0.4 is 5.32 Å². The number of hydrogen-bond acceptors (Lipinski definition) is 6. The Labute approximate surface area is 212 Å². The molecule has 37 heavy (non-hydrogen) atoms. The van der Waals surface area contributed by atoms with Crippen LogP contribution in [0.3, 0.4) is 0 Å². The summed E-state index contributed by atoms with van der Waals surface area (Å²) in [6.07, 6.45) is 3.17. The number of likely N-dealkylation sites (tertiary alicyclic amines) is 1. The molecule has 2 saturated heterocycles. The third kappa shape index (κ3) is 5.27. The largest absolute Gasteiger partial charge is 0.433 e. The zero-order valence-electron chi connectivity index (χ0n) is 20.2. The van der Waals surface area contributed by atoms with Crippen LogP contribution >= 0.6 is 0 Å². The van der Waals surface area contributed by atoms with Gasteiger partial charge in [0.25, 0.3) is 5.91 Å². The molecule has 3 fully saturated rings. The molecule has 2 amide bonds. The lowest BCUT2D eigenvalue weighted by Crippen LogP contribution is -2.41. The van der Waals surface area contributed by atoms with Gasteiger partial charge in [-0.25, -0.2) is 4.98 Å². The molecular weight excluding hydrogens is 489 g/mol. The molecule has 4 aliphatic rings. The van der Waals surface area contributed by atoms with Crippen molar-refractivity contribution >= 4 is 18.1 Å². The normalized spacial score (nSPS) is 28.4. The second-order valence-electron chi connectivity index (χ2n) is 9.98. The van der Waals surface area contributed by atoms with E-state index in [1.807, 2.05) is 22.0 Å². The highest BCUT2D eigenvalue weighted by Crippen LogP contribution is 2.39. The zero-order chi connectivity index (χ0) is 26.2. The van der Waals surface area contributed by atoms with E-state index in [0.717, 1.165) is 44.1 Å². The molecule has 2 unspecified atom stereocenters. The second-order valence-corrected chi connectivity index (χ2v) is 9.98. The molecule has 1 saturated carbocycles. The van der Waals surface area contributed by atoms with Crippen LogP contribution in [-0.4, -0.2) is 71.8 Å². The number of carbonyl (C=O) groups excluding carboxylic acids is 3. The Kier molecular flexibility index (Phi) is 7.06. The number of rotatable bonds is 5. The minimum absolute atomic E-state index is 0.0338. The first-order chi connectivity index (χ1) is 17.7. The summed E-state index contributed by atoms with van der Waals surface area (Å²) in [5.41, 5.74) is -0.338. The van der Waals surface area contributed by atoms with Crippen LogP contribution in [0.2, 0.25) is 0 Å². The Balaban J connectivity index is 1.39. The number of halogens is 3. The van der Waals surface area contributed by atoms with Crippen LogP contribution in [-0.2, 0) is 20.5 Å². The maximum Gasteiger partial charge on any atom is 0.433 e. The molecule has 1 N–H and O–H groups in total. The van der Waals surface area contributed by atoms with Crippen LogP contribution in [0.5, 0.6) is 0 Å². The summed E-state index contributed by atoms with van der Waals surface area (Å²) in [6.45, 7) is 2.59. The summed E-state index contributed by atoms with van der Waals surface area (Å²) in [4.78, 5) is 45.0. The maximum absolute atomic E-state index is 13.4.